The van der Waals surface area contributed by atoms with Crippen LogP contribution in [0.2, 0.25) is 18.1 Å². The fourth-order valence-corrected chi connectivity index (χ4v) is 5.90. The van der Waals surface area contributed by atoms with Crippen LogP contribution in [0.4, 0.5) is 0 Å². The Morgan fingerprint density at radius 3 is 2.50 bits per heavy atom. The zero-order valence-corrected chi connectivity index (χ0v) is 17.5. The third kappa shape index (κ3) is 2.84. The number of ether oxygens (including phenoxy) is 1. The third-order valence-corrected chi connectivity index (χ3v) is 11.6. The van der Waals surface area contributed by atoms with Crippen molar-refractivity contribution in [2.45, 2.75) is 83.5 Å². The van der Waals surface area contributed by atoms with Gasteiger partial charge in [0.1, 0.15) is 5.75 Å². The number of rotatable bonds is 3. The minimum atomic E-state index is -1.72. The van der Waals surface area contributed by atoms with E-state index in [9.17, 15) is 0 Å². The van der Waals surface area contributed by atoms with Crippen molar-refractivity contribution in [1.29, 1.82) is 0 Å². The zero-order chi connectivity index (χ0) is 17.8. The van der Waals surface area contributed by atoms with Gasteiger partial charge >= 0.3 is 0 Å². The van der Waals surface area contributed by atoms with Gasteiger partial charge in [0.25, 0.3) is 0 Å². The number of methoxy groups -OCH3 is 1. The van der Waals surface area contributed by atoms with Gasteiger partial charge in [-0.2, -0.15) is 0 Å². The molecule has 1 aromatic carbocycles. The normalized spacial score (nSPS) is 30.0. The van der Waals surface area contributed by atoms with E-state index in [1.807, 2.05) is 0 Å². The predicted octanol–water partition coefficient (Wildman–Crippen LogP) is 5.92. The van der Waals surface area contributed by atoms with E-state index in [0.29, 0.717) is 12.0 Å². The molecule has 0 aliphatic heterocycles. The molecule has 3 rings (SSSR count). The molecule has 2 aliphatic carbocycles. The molecule has 0 bridgehead atoms. The Balaban J connectivity index is 1.87. The van der Waals surface area contributed by atoms with Crippen LogP contribution in [-0.2, 0) is 10.8 Å². The lowest BCUT2D eigenvalue weighted by molar-refractivity contribution is 0.0546. The maximum absolute atomic E-state index is 6.91. The lowest BCUT2D eigenvalue weighted by Gasteiger charge is -2.46. The van der Waals surface area contributed by atoms with Crippen molar-refractivity contribution in [2.75, 3.05) is 7.11 Å². The number of benzene rings is 1. The smallest absolute Gasteiger partial charge is 0.192 e. The second-order valence-corrected chi connectivity index (χ2v) is 14.3. The highest BCUT2D eigenvalue weighted by molar-refractivity contribution is 6.74. The molecule has 0 unspecified atom stereocenters. The molecule has 2 nitrogen and oxygen atoms in total. The molecule has 3 heteroatoms. The fourth-order valence-electron chi connectivity index (χ4n) is 4.44. The summed E-state index contributed by atoms with van der Waals surface area (Å²) >= 11 is 0. The van der Waals surface area contributed by atoms with Crippen LogP contribution in [0.5, 0.6) is 5.75 Å². The molecule has 2 aliphatic rings. The summed E-state index contributed by atoms with van der Waals surface area (Å²) < 4.78 is 12.3. The second kappa shape index (κ2) is 5.88. The first-order valence-electron chi connectivity index (χ1n) is 9.43. The van der Waals surface area contributed by atoms with Crippen LogP contribution in [0, 0.1) is 5.41 Å². The number of hydrogen-bond donors (Lipinski definition) is 0. The third-order valence-electron chi connectivity index (χ3n) is 7.15. The van der Waals surface area contributed by atoms with Gasteiger partial charge in [-0.25, -0.2) is 0 Å². The van der Waals surface area contributed by atoms with Crippen molar-refractivity contribution in [1.82, 2.24) is 0 Å². The summed E-state index contributed by atoms with van der Waals surface area (Å²) in [6, 6.07) is 6.69. The average Bonchev–Trinajstić information content (AvgIpc) is 2.82. The molecular formula is C21H34O2Si. The van der Waals surface area contributed by atoms with Crippen LogP contribution in [0.1, 0.15) is 64.0 Å². The summed E-state index contributed by atoms with van der Waals surface area (Å²) in [4.78, 5) is 0. The van der Waals surface area contributed by atoms with Crippen molar-refractivity contribution in [2.24, 2.45) is 5.41 Å². The number of hydrogen-bond acceptors (Lipinski definition) is 2. The van der Waals surface area contributed by atoms with Crippen molar-refractivity contribution < 1.29 is 9.16 Å². The Morgan fingerprint density at radius 2 is 1.88 bits per heavy atom. The Labute approximate surface area is 149 Å². The lowest BCUT2D eigenvalue weighted by atomic mass is 9.66. The van der Waals surface area contributed by atoms with Crippen molar-refractivity contribution in [3.63, 3.8) is 0 Å². The summed E-state index contributed by atoms with van der Waals surface area (Å²) in [5.41, 5.74) is 3.33. The van der Waals surface area contributed by atoms with Gasteiger partial charge in [-0.05, 0) is 78.4 Å². The van der Waals surface area contributed by atoms with E-state index < -0.39 is 8.32 Å². The number of fused-ring (bicyclic) bond motifs is 3. The monoisotopic (exact) mass is 346 g/mol. The first-order valence-corrected chi connectivity index (χ1v) is 12.3. The quantitative estimate of drug-likeness (QED) is 0.633. The highest BCUT2D eigenvalue weighted by Gasteiger charge is 2.52. The van der Waals surface area contributed by atoms with E-state index in [1.165, 1.54) is 24.8 Å². The van der Waals surface area contributed by atoms with Crippen molar-refractivity contribution >= 4 is 8.32 Å². The van der Waals surface area contributed by atoms with E-state index >= 15 is 0 Å². The molecule has 0 spiro atoms. The lowest BCUT2D eigenvalue weighted by Crippen LogP contribution is -2.48. The summed E-state index contributed by atoms with van der Waals surface area (Å²) in [6.07, 6.45) is 5.26. The standard InChI is InChI=1S/C21H34O2Si/c1-20(2,3)24(6,7)23-19-11-10-18-17-9-8-16(22-5)14-15(17)12-13-21(18,19)4/h8-9,14,18-19H,10-13H2,1-7H3/t18-,19-,21+/m0/s1. The molecule has 0 saturated heterocycles. The molecule has 3 atom stereocenters. The van der Waals surface area contributed by atoms with Gasteiger partial charge in [0.05, 0.1) is 13.2 Å². The van der Waals surface area contributed by atoms with Crippen molar-refractivity contribution in [3.05, 3.63) is 29.3 Å². The molecular weight excluding hydrogens is 312 g/mol. The maximum Gasteiger partial charge on any atom is 0.192 e. The fraction of sp³-hybridized carbons (Fsp3) is 0.714. The summed E-state index contributed by atoms with van der Waals surface area (Å²) in [6.45, 7) is 14.3. The summed E-state index contributed by atoms with van der Waals surface area (Å²) in [5, 5.41) is 0.279. The van der Waals surface area contributed by atoms with Crippen LogP contribution in [0.15, 0.2) is 18.2 Å². The molecule has 0 aromatic heterocycles. The average molecular weight is 347 g/mol. The second-order valence-electron chi connectivity index (χ2n) is 9.57. The Hall–Kier alpha value is -0.803. The van der Waals surface area contributed by atoms with E-state index in [1.54, 1.807) is 12.7 Å². The predicted molar refractivity (Wildman–Crippen MR) is 103 cm³/mol. The van der Waals surface area contributed by atoms with Crippen LogP contribution in [-0.4, -0.2) is 21.5 Å². The van der Waals surface area contributed by atoms with Gasteiger partial charge in [0.2, 0.25) is 0 Å². The van der Waals surface area contributed by atoms with Crippen LogP contribution >= 0.6 is 0 Å². The molecule has 0 amide bonds. The Morgan fingerprint density at radius 1 is 1.17 bits per heavy atom. The topological polar surface area (TPSA) is 18.5 Å². The highest BCUT2D eigenvalue weighted by atomic mass is 28.4. The molecule has 0 radical (unpaired) electrons. The first kappa shape index (κ1) is 18.0. The SMILES string of the molecule is COc1ccc2c(c1)CC[C@@]1(C)[C@@H](O[Si](C)(C)C(C)(C)C)CC[C@@H]21. The molecule has 0 N–H and O–H groups in total. The molecule has 0 heterocycles. The first-order chi connectivity index (χ1) is 11.1. The zero-order valence-electron chi connectivity index (χ0n) is 16.5. The van der Waals surface area contributed by atoms with Gasteiger partial charge < -0.3 is 9.16 Å². The van der Waals surface area contributed by atoms with Gasteiger partial charge in [-0.3, -0.25) is 0 Å². The van der Waals surface area contributed by atoms with Crippen LogP contribution in [0.3, 0.4) is 0 Å². The van der Waals surface area contributed by atoms with E-state index in [0.717, 1.165) is 12.2 Å². The van der Waals surface area contributed by atoms with Crippen molar-refractivity contribution in [3.8, 4) is 5.75 Å². The van der Waals surface area contributed by atoms with Gasteiger partial charge in [-0.1, -0.05) is 33.8 Å². The van der Waals surface area contributed by atoms with Crippen LogP contribution < -0.4 is 4.74 Å². The van der Waals surface area contributed by atoms with Gasteiger partial charge in [0.15, 0.2) is 8.32 Å². The Bertz CT molecular complexity index is 617. The maximum atomic E-state index is 6.91. The number of aryl methyl sites for hydroxylation is 1. The van der Waals surface area contributed by atoms with Crippen LogP contribution in [0.25, 0.3) is 0 Å². The molecule has 1 fully saturated rings. The Kier molecular flexibility index (Phi) is 4.41. The summed E-state index contributed by atoms with van der Waals surface area (Å²) in [7, 11) is 0.0377. The van der Waals surface area contributed by atoms with Gasteiger partial charge in [0, 0.05) is 0 Å². The van der Waals surface area contributed by atoms with E-state index in [4.69, 9.17) is 9.16 Å². The minimum absolute atomic E-state index is 0.279. The van der Waals surface area contributed by atoms with E-state index in [-0.39, 0.29) is 10.5 Å². The molecule has 134 valence electrons. The summed E-state index contributed by atoms with van der Waals surface area (Å²) in [5.74, 6) is 1.63. The molecule has 24 heavy (non-hydrogen) atoms. The highest BCUT2D eigenvalue weighted by Crippen LogP contribution is 2.58. The van der Waals surface area contributed by atoms with E-state index in [2.05, 4.69) is 59.0 Å². The molecule has 1 aromatic rings. The largest absolute Gasteiger partial charge is 0.497 e. The van der Waals surface area contributed by atoms with Gasteiger partial charge in [-0.15, -0.1) is 0 Å². The minimum Gasteiger partial charge on any atom is -0.497 e. The molecule has 1 saturated carbocycles.